The van der Waals surface area contributed by atoms with Crippen LogP contribution in [0.1, 0.15) is 0 Å². The lowest BCUT2D eigenvalue weighted by Gasteiger charge is -2.23. The molecule has 22 heteroatoms. The molecular weight excluding hydrogens is 492 g/mol. The molecule has 24 N–H and O–H groups in total. The molecule has 0 bridgehead atoms. The van der Waals surface area contributed by atoms with Gasteiger partial charge in [0.2, 0.25) is 0 Å². The van der Waals surface area contributed by atoms with E-state index in [0.717, 1.165) is 9.80 Å². The van der Waals surface area contributed by atoms with Crippen molar-refractivity contribution in [1.82, 2.24) is 9.80 Å². The summed E-state index contributed by atoms with van der Waals surface area (Å²) in [6.45, 7) is -2.25. The Morgan fingerprint density at radius 1 is 0.444 bits per heavy atom. The van der Waals surface area contributed by atoms with Crippen molar-refractivity contribution in [3.63, 3.8) is 0 Å². The minimum absolute atomic E-state index is 0.0703. The van der Waals surface area contributed by atoms with E-state index in [4.69, 9.17) is 42.1 Å². The van der Waals surface area contributed by atoms with Gasteiger partial charge in [0.1, 0.15) is 0 Å². The molecule has 22 nitrogen and oxygen atoms in total. The zero-order valence-corrected chi connectivity index (χ0v) is 19.2. The summed E-state index contributed by atoms with van der Waals surface area (Å²) in [6.07, 6.45) is 0. The molecular formula is C14H36N14O8. The van der Waals surface area contributed by atoms with Gasteiger partial charge in [-0.25, -0.2) is 0 Å². The number of hydrogen-bond donors (Lipinski definition) is 16. The van der Waals surface area contributed by atoms with Crippen LogP contribution in [0, 0.1) is 21.6 Å². The van der Waals surface area contributed by atoms with Crippen molar-refractivity contribution in [2.75, 3.05) is 39.3 Å². The molecule has 0 spiro atoms. The van der Waals surface area contributed by atoms with Crippen molar-refractivity contribution >= 4 is 47.7 Å². The van der Waals surface area contributed by atoms with Gasteiger partial charge in [0.05, 0.1) is 26.2 Å². The smallest absolute Gasteiger partial charge is 0.317 e. The number of rotatable bonds is 11. The molecule has 0 aromatic heterocycles. The van der Waals surface area contributed by atoms with E-state index in [9.17, 15) is 19.2 Å². The number of carbonyl (C=O) groups is 4. The lowest BCUT2D eigenvalue weighted by Crippen LogP contribution is -2.43. The zero-order chi connectivity index (χ0) is 30.0. The Morgan fingerprint density at radius 3 is 0.639 bits per heavy atom. The summed E-state index contributed by atoms with van der Waals surface area (Å²) in [5.41, 5.74) is 35.8. The quantitative estimate of drug-likeness (QED) is 0.0874. The average molecular weight is 529 g/mol. The van der Waals surface area contributed by atoms with Gasteiger partial charge in [0.15, 0.2) is 23.8 Å². The first-order chi connectivity index (χ1) is 16.1. The Hall–Kier alpha value is -5.12. The van der Waals surface area contributed by atoms with Crippen LogP contribution in [0.2, 0.25) is 0 Å². The standard InChI is InChI=1S/C10H16N2O8.4CH5N3/c13-7(14)3-11(4-8(15)16)1-2-12(5-9(17)18)6-10(19)20;4*2-1(3)4/h1-6H2,(H,13,14)(H,15,16)(H,17,18)(H,19,20);4*(H5,2,3,4). The predicted molar refractivity (Wildman–Crippen MR) is 128 cm³/mol. The van der Waals surface area contributed by atoms with Crippen LogP contribution in [-0.2, 0) is 19.2 Å². The second kappa shape index (κ2) is 26.1. The number of guanidine groups is 4. The Balaban J connectivity index is -0.000000161. The lowest BCUT2D eigenvalue weighted by molar-refractivity contribution is -0.145. The highest BCUT2D eigenvalue weighted by Gasteiger charge is 2.17. The van der Waals surface area contributed by atoms with Crippen LogP contribution in [-0.4, -0.2) is 117 Å². The number of nitrogens with two attached hydrogens (primary N) is 8. The van der Waals surface area contributed by atoms with E-state index in [2.05, 4.69) is 45.9 Å². The minimum Gasteiger partial charge on any atom is -0.480 e. The maximum absolute atomic E-state index is 10.6. The molecule has 0 saturated carbocycles. The fraction of sp³-hybridized carbons (Fsp3) is 0.429. The van der Waals surface area contributed by atoms with E-state index in [1.165, 1.54) is 0 Å². The van der Waals surface area contributed by atoms with Crippen LogP contribution >= 0.6 is 0 Å². The van der Waals surface area contributed by atoms with Crippen LogP contribution < -0.4 is 45.9 Å². The Bertz CT molecular complexity index is 600. The third-order valence-electron chi connectivity index (χ3n) is 2.17. The van der Waals surface area contributed by atoms with Crippen molar-refractivity contribution in [3.05, 3.63) is 0 Å². The number of carboxylic acid groups (broad SMARTS) is 4. The summed E-state index contributed by atoms with van der Waals surface area (Å²) in [7, 11) is 0. The third-order valence-corrected chi connectivity index (χ3v) is 2.17. The number of aliphatic carboxylic acids is 4. The summed E-state index contributed by atoms with van der Waals surface area (Å²) >= 11 is 0. The normalized spacial score (nSPS) is 8.61. The first-order valence-electron chi connectivity index (χ1n) is 8.83. The molecule has 210 valence electrons. The second-order valence-corrected chi connectivity index (χ2v) is 5.82. The molecule has 0 unspecified atom stereocenters. The summed E-state index contributed by atoms with van der Waals surface area (Å²) in [6, 6.07) is 0. The maximum Gasteiger partial charge on any atom is 0.317 e. The van der Waals surface area contributed by atoms with E-state index in [1.807, 2.05) is 0 Å². The van der Waals surface area contributed by atoms with Gasteiger partial charge < -0.3 is 66.3 Å². The topological polar surface area (TPSA) is 459 Å². The fourth-order valence-electron chi connectivity index (χ4n) is 1.48. The van der Waals surface area contributed by atoms with Crippen molar-refractivity contribution in [2.45, 2.75) is 0 Å². The van der Waals surface area contributed by atoms with Gasteiger partial charge in [-0.2, -0.15) is 0 Å². The SMILES string of the molecule is N=C(N)N.N=C(N)N.N=C(N)N.N=C(N)N.O=C(O)CN(CCN(CC(=O)O)CC(=O)O)CC(=O)O. The van der Waals surface area contributed by atoms with Gasteiger partial charge in [-0.15, -0.1) is 0 Å². The first kappa shape index (κ1) is 41.2. The molecule has 0 atom stereocenters. The molecule has 0 amide bonds. The Kier molecular flexibility index (Phi) is 29.9. The first-order valence-corrected chi connectivity index (χ1v) is 8.83. The van der Waals surface area contributed by atoms with Crippen LogP contribution in [0.3, 0.4) is 0 Å². The summed E-state index contributed by atoms with van der Waals surface area (Å²) in [4.78, 5) is 44.4. The summed E-state index contributed by atoms with van der Waals surface area (Å²) < 4.78 is 0. The number of carboxylic acids is 4. The molecule has 0 radical (unpaired) electrons. The highest BCUT2D eigenvalue weighted by atomic mass is 16.4. The largest absolute Gasteiger partial charge is 0.480 e. The van der Waals surface area contributed by atoms with Crippen LogP contribution in [0.25, 0.3) is 0 Å². The molecule has 36 heavy (non-hydrogen) atoms. The predicted octanol–water partition coefficient (Wildman–Crippen LogP) is -6.72. The van der Waals surface area contributed by atoms with Crippen molar-refractivity contribution in [3.8, 4) is 0 Å². The molecule has 0 heterocycles. The maximum atomic E-state index is 10.6. The van der Waals surface area contributed by atoms with Gasteiger partial charge >= 0.3 is 23.9 Å². The number of hydrogen-bond acceptors (Lipinski definition) is 10. The highest BCUT2D eigenvalue weighted by molar-refractivity contribution is 5.74. The molecule has 0 aromatic carbocycles. The molecule has 0 saturated heterocycles. The van der Waals surface area contributed by atoms with E-state index in [0.29, 0.717) is 0 Å². The number of nitrogens with one attached hydrogen (secondary N) is 4. The third kappa shape index (κ3) is 89.0. The van der Waals surface area contributed by atoms with Gasteiger partial charge in [0, 0.05) is 13.1 Å². The number of nitrogens with zero attached hydrogens (tertiary/aromatic N) is 2. The van der Waals surface area contributed by atoms with Crippen molar-refractivity contribution < 1.29 is 39.6 Å². The van der Waals surface area contributed by atoms with E-state index < -0.39 is 50.1 Å². The fourth-order valence-corrected chi connectivity index (χ4v) is 1.48. The lowest BCUT2D eigenvalue weighted by atomic mass is 10.4. The van der Waals surface area contributed by atoms with E-state index in [-0.39, 0.29) is 36.9 Å². The van der Waals surface area contributed by atoms with Gasteiger partial charge in [-0.1, -0.05) is 0 Å². The second-order valence-electron chi connectivity index (χ2n) is 5.82. The van der Waals surface area contributed by atoms with Crippen molar-refractivity contribution in [2.24, 2.45) is 45.9 Å². The molecule has 0 aromatic rings. The van der Waals surface area contributed by atoms with Gasteiger partial charge in [-0.3, -0.25) is 50.6 Å². The Labute approximate surface area is 204 Å². The molecule has 0 aliphatic heterocycles. The molecule has 0 rings (SSSR count). The van der Waals surface area contributed by atoms with E-state index in [1.54, 1.807) is 0 Å². The molecule has 0 fully saturated rings. The summed E-state index contributed by atoms with van der Waals surface area (Å²) in [5, 5.41) is 58.7. The van der Waals surface area contributed by atoms with Gasteiger partial charge in [0.25, 0.3) is 0 Å². The monoisotopic (exact) mass is 528 g/mol. The summed E-state index contributed by atoms with van der Waals surface area (Å²) in [5.74, 6) is -6.24. The van der Waals surface area contributed by atoms with Crippen molar-refractivity contribution in [1.29, 1.82) is 21.6 Å². The minimum atomic E-state index is -1.23. The molecule has 0 aliphatic carbocycles. The van der Waals surface area contributed by atoms with Crippen LogP contribution in [0.15, 0.2) is 0 Å². The van der Waals surface area contributed by atoms with Crippen LogP contribution in [0.4, 0.5) is 0 Å². The molecule has 0 aliphatic rings. The average Bonchev–Trinajstić information content (AvgIpc) is 2.55. The zero-order valence-electron chi connectivity index (χ0n) is 19.2. The van der Waals surface area contributed by atoms with E-state index >= 15 is 0 Å². The van der Waals surface area contributed by atoms with Gasteiger partial charge in [-0.05, 0) is 0 Å². The Morgan fingerprint density at radius 2 is 0.556 bits per heavy atom. The highest BCUT2D eigenvalue weighted by Crippen LogP contribution is 1.94. The van der Waals surface area contributed by atoms with Crippen LogP contribution in [0.5, 0.6) is 0 Å².